The van der Waals surface area contributed by atoms with Crippen molar-refractivity contribution in [1.29, 1.82) is 0 Å². The molecule has 20 nitrogen and oxygen atoms in total. The Morgan fingerprint density at radius 2 is 1.63 bits per heavy atom. The number of unbranched alkanes of at least 4 members (excludes halogenated alkanes) is 2. The molecule has 1 aromatic heterocycles. The summed E-state index contributed by atoms with van der Waals surface area (Å²) in [6, 6.07) is 10.2. The molecule has 2 unspecified atom stereocenters. The van der Waals surface area contributed by atoms with Crippen molar-refractivity contribution in [2.24, 2.45) is 0 Å². The van der Waals surface area contributed by atoms with Gasteiger partial charge in [0.15, 0.2) is 28.0 Å². The van der Waals surface area contributed by atoms with Crippen LogP contribution in [0.25, 0.3) is 0 Å². The van der Waals surface area contributed by atoms with Crippen LogP contribution in [0.1, 0.15) is 123 Å². The van der Waals surface area contributed by atoms with Crippen LogP contribution < -0.4 is 24.7 Å². The van der Waals surface area contributed by atoms with E-state index in [9.17, 15) is 64.2 Å². The number of nitrogens with one attached hydrogen (secondary N) is 1. The van der Waals surface area contributed by atoms with Crippen molar-refractivity contribution in [3.8, 4) is 5.75 Å². The van der Waals surface area contributed by atoms with E-state index in [1.165, 1.54) is 12.3 Å². The number of methoxy groups -OCH3 is 1. The third-order valence-corrected chi connectivity index (χ3v) is 14.8. The van der Waals surface area contributed by atoms with Gasteiger partial charge >= 0.3 is 18.1 Å². The molecule has 7 rings (SSSR count). The number of para-hydroxylation sites is 1. The van der Waals surface area contributed by atoms with E-state index in [0.717, 1.165) is 91.5 Å². The zero-order valence-electron chi connectivity index (χ0n) is 49.1. The number of carbonyl (C=O) groups excluding carboxylic acids is 5. The van der Waals surface area contributed by atoms with Gasteiger partial charge in [-0.15, -0.1) is 11.6 Å². The van der Waals surface area contributed by atoms with Crippen molar-refractivity contribution < 1.29 is 92.9 Å². The van der Waals surface area contributed by atoms with E-state index in [2.05, 4.69) is 36.9 Å². The second-order valence-corrected chi connectivity index (χ2v) is 26.9. The molecule has 0 radical (unpaired) electrons. The van der Waals surface area contributed by atoms with E-state index < -0.39 is 88.9 Å². The maximum atomic E-state index is 14.5. The molecule has 2 atom stereocenters. The Hall–Kier alpha value is -5.70. The van der Waals surface area contributed by atoms with Crippen LogP contribution in [0.2, 0.25) is 5.02 Å². The van der Waals surface area contributed by atoms with E-state index in [0.29, 0.717) is 66.0 Å². The first-order chi connectivity index (χ1) is 40.2. The van der Waals surface area contributed by atoms with Gasteiger partial charge in [-0.05, 0) is 112 Å². The number of benzene rings is 3. The maximum Gasteiger partial charge on any atom is 0.416 e. The van der Waals surface area contributed by atoms with Crippen LogP contribution in [0.15, 0.2) is 75.3 Å². The number of aromatic nitrogens is 1. The number of ketones is 1. The molecule has 0 bridgehead atoms. The van der Waals surface area contributed by atoms with Gasteiger partial charge in [-0.2, -0.15) is 13.2 Å². The normalized spacial score (nSPS) is 14.8. The lowest BCUT2D eigenvalue weighted by atomic mass is 9.93. The molecule has 3 N–H and O–H groups in total. The average molecular weight is 1310 g/mol. The number of hydrogen-bond acceptors (Lipinski definition) is 16. The minimum absolute atomic E-state index is 0.000883. The molecule has 4 aromatic rings. The number of aryl methyl sites for hydroxylation is 2. The summed E-state index contributed by atoms with van der Waals surface area (Å²) in [5.74, 6) is -4.01. The first-order valence-corrected chi connectivity index (χ1v) is 33.9. The third-order valence-electron chi connectivity index (χ3n) is 12.5. The number of alkyl halides is 4. The molecule has 0 saturated heterocycles. The number of anilines is 2. The number of halogens is 6. The minimum Gasteiger partial charge on any atom is -0.778 e. The molecule has 3 aromatic carbocycles. The molecular weight excluding hydrogens is 1240 g/mol. The SMILES string of the molecule is CCCCCOC(=O)COc1cc(N2C(=O)C3=C(CCCC3)C2=O)c(F)cc1Cl.CCc1cccc(C)c1N(C(=O)CCl)C(C)COC.CS(=O)(=O)c1cc(C(F)(F)F)ccc1C(=O)c1cnoc1C1CC1.C[S+](C)C.O=C(O)CNCP(=O)([O-])O. The Labute approximate surface area is 510 Å². The second-order valence-electron chi connectivity index (χ2n) is 20.2. The highest BCUT2D eigenvalue weighted by atomic mass is 35.5. The summed E-state index contributed by atoms with van der Waals surface area (Å²) in [7, 11) is -6.11. The Balaban J connectivity index is 0.000000308. The lowest BCUT2D eigenvalue weighted by molar-refractivity contribution is -0.193. The molecule has 3 amide bonds. The fraction of sp³-hybridized carbons (Fsp3) is 0.491. The van der Waals surface area contributed by atoms with Gasteiger partial charge in [0.1, 0.15) is 25.0 Å². The Morgan fingerprint density at radius 3 is 2.14 bits per heavy atom. The number of hydrogen-bond donors (Lipinski definition) is 3. The Bertz CT molecular complexity index is 3180. The largest absolute Gasteiger partial charge is 0.778 e. The Kier molecular flexibility index (Phi) is 30.1. The standard InChI is InChI=1S/C21H23ClFNO5.C15H22ClNO2.C15H12F3NO4S.C3H8NO5P.C3H9S/c1-2-3-6-9-28-19(25)12-29-18-11-17(16(23)10-15(18)22)24-20(26)13-7-4-5-8-14(13)21(24)27;1-5-13-8-6-7-11(2)15(13)17(14(18)9-16)12(3)10-19-4;1-24(21,22)12-6-9(15(16,17)18)4-5-10(12)13(20)11-7-19-23-14(11)8-2-3-8;5-3(6)1-4-2-10(7,8)9;1-4(2)3/h10-11H,2-9,12H2,1H3;6-8,12H,5,9-10H2,1-4H3;4-8H,2-3H2,1H3;4H,1-2H2,(H,5,6)(H2,7,8,9);1-3H3/q;;;;+1/p-1. The van der Waals surface area contributed by atoms with E-state index in [4.69, 9.17) is 51.9 Å². The topological polar surface area (TPSA) is 289 Å². The number of carboxylic acids is 1. The van der Waals surface area contributed by atoms with Gasteiger partial charge < -0.3 is 43.1 Å². The summed E-state index contributed by atoms with van der Waals surface area (Å²) in [5.41, 5.74) is 2.51. The highest BCUT2D eigenvalue weighted by Gasteiger charge is 2.41. The van der Waals surface area contributed by atoms with Gasteiger partial charge in [0.2, 0.25) is 5.91 Å². The van der Waals surface area contributed by atoms with E-state index >= 15 is 0 Å². The van der Waals surface area contributed by atoms with Gasteiger partial charge in [0, 0.05) is 42.1 Å². The summed E-state index contributed by atoms with van der Waals surface area (Å²) in [6.07, 6.45) is 11.0. The molecule has 2 heterocycles. The van der Waals surface area contributed by atoms with Crippen LogP contribution >= 0.6 is 30.8 Å². The molecule has 0 spiro atoms. The average Bonchev–Trinajstić information content (AvgIpc) is 1.81. The van der Waals surface area contributed by atoms with Gasteiger partial charge in [0.05, 0.1) is 89.5 Å². The second kappa shape index (κ2) is 34.7. The molecule has 3 aliphatic rings. The number of sulfone groups is 1. The van der Waals surface area contributed by atoms with Crippen LogP contribution in [0, 0.1) is 12.7 Å². The summed E-state index contributed by atoms with van der Waals surface area (Å²) < 4.78 is 107. The number of nitrogens with zero attached hydrogens (tertiary/aromatic N) is 3. The predicted molar refractivity (Wildman–Crippen MR) is 317 cm³/mol. The van der Waals surface area contributed by atoms with Crippen molar-refractivity contribution >= 4 is 98.3 Å². The maximum absolute atomic E-state index is 14.5. The van der Waals surface area contributed by atoms with Crippen molar-refractivity contribution in [3.05, 3.63) is 110 Å². The molecule has 1 fully saturated rings. The van der Waals surface area contributed by atoms with Gasteiger partial charge in [0.25, 0.3) is 11.8 Å². The summed E-state index contributed by atoms with van der Waals surface area (Å²) in [5, 5.41) is 13.5. The fourth-order valence-electron chi connectivity index (χ4n) is 8.50. The highest BCUT2D eigenvalue weighted by Crippen LogP contribution is 2.43. The van der Waals surface area contributed by atoms with Crippen LogP contribution in [0.4, 0.5) is 28.9 Å². The smallest absolute Gasteiger partial charge is 0.416 e. The van der Waals surface area contributed by atoms with Crippen molar-refractivity contribution in [2.75, 3.05) is 80.5 Å². The van der Waals surface area contributed by atoms with Crippen molar-refractivity contribution in [1.82, 2.24) is 10.5 Å². The number of aliphatic carboxylic acids is 1. The number of amides is 3. The number of imide groups is 1. The van der Waals surface area contributed by atoms with Crippen LogP contribution in [0.5, 0.6) is 5.75 Å². The van der Waals surface area contributed by atoms with Gasteiger partial charge in [-0.25, -0.2) is 22.5 Å². The lowest BCUT2D eigenvalue weighted by Crippen LogP contribution is -2.43. The molecule has 1 aliphatic heterocycles. The summed E-state index contributed by atoms with van der Waals surface area (Å²) in [6.45, 7) is 8.01. The molecule has 1 saturated carbocycles. The van der Waals surface area contributed by atoms with Crippen LogP contribution in [0.3, 0.4) is 0 Å². The number of carboxylic acid groups (broad SMARTS) is 1. The highest BCUT2D eigenvalue weighted by molar-refractivity contribution is 7.94. The van der Waals surface area contributed by atoms with Crippen LogP contribution in [-0.2, 0) is 71.3 Å². The van der Waals surface area contributed by atoms with E-state index in [-0.39, 0.29) is 51.3 Å². The van der Waals surface area contributed by atoms with E-state index in [1.807, 2.05) is 38.2 Å². The number of esters is 1. The predicted octanol–water partition coefficient (Wildman–Crippen LogP) is 9.36. The monoisotopic (exact) mass is 1310 g/mol. The fourth-order valence-corrected chi connectivity index (χ4v) is 10.1. The van der Waals surface area contributed by atoms with Crippen LogP contribution in [-0.4, -0.2) is 136 Å². The Morgan fingerprint density at radius 1 is 1.01 bits per heavy atom. The van der Waals surface area contributed by atoms with Crippen molar-refractivity contribution in [3.63, 3.8) is 0 Å². The van der Waals surface area contributed by atoms with Crippen molar-refractivity contribution in [2.45, 2.75) is 115 Å². The molecule has 86 heavy (non-hydrogen) atoms. The molecule has 2 aliphatic carbocycles. The lowest BCUT2D eigenvalue weighted by Gasteiger charge is -2.31. The quantitative estimate of drug-likeness (QED) is 0.00965. The zero-order valence-corrected chi connectivity index (χ0v) is 53.2. The summed E-state index contributed by atoms with van der Waals surface area (Å²) >= 11 is 11.8. The van der Waals surface area contributed by atoms with Gasteiger partial charge in [-0.3, -0.25) is 29.3 Å². The molecular formula is C57H73Cl2F4N4O16PS2. The minimum atomic E-state index is -4.71. The third kappa shape index (κ3) is 23.1. The first-order valence-electron chi connectivity index (χ1n) is 26.9. The summed E-state index contributed by atoms with van der Waals surface area (Å²) in [4.78, 5) is 91.7. The zero-order chi connectivity index (χ0) is 64.9. The number of ether oxygens (including phenoxy) is 3. The first kappa shape index (κ1) is 74.6. The number of carbonyl (C=O) groups is 6. The molecule has 476 valence electrons. The molecule has 29 heteroatoms. The van der Waals surface area contributed by atoms with Gasteiger partial charge in [-0.1, -0.05) is 61.6 Å². The number of rotatable bonds is 22. The van der Waals surface area contributed by atoms with E-state index in [1.54, 1.807) is 12.0 Å².